The van der Waals surface area contributed by atoms with Crippen LogP contribution in [0.4, 0.5) is 0 Å². The summed E-state index contributed by atoms with van der Waals surface area (Å²) in [6.07, 6.45) is 0. The number of hydrogen-bond acceptors (Lipinski definition) is 4. The first kappa shape index (κ1) is 18.8. The quantitative estimate of drug-likeness (QED) is 0.757. The van der Waals surface area contributed by atoms with Crippen molar-refractivity contribution < 1.29 is 13.2 Å². The normalized spacial score (nSPS) is 16.5. The maximum Gasteiger partial charge on any atom is 0.243 e. The molecule has 0 unspecified atom stereocenters. The summed E-state index contributed by atoms with van der Waals surface area (Å²) in [6, 6.07) is 14.6. The van der Waals surface area contributed by atoms with E-state index in [-0.39, 0.29) is 10.7 Å². The van der Waals surface area contributed by atoms with Crippen molar-refractivity contribution in [2.75, 3.05) is 26.2 Å². The fourth-order valence-corrected chi connectivity index (χ4v) is 4.51. The van der Waals surface area contributed by atoms with E-state index in [1.807, 2.05) is 0 Å². The third-order valence-corrected chi connectivity index (χ3v) is 6.67. The van der Waals surface area contributed by atoms with Gasteiger partial charge in [0.1, 0.15) is 0 Å². The molecule has 0 saturated carbocycles. The van der Waals surface area contributed by atoms with Gasteiger partial charge in [-0.2, -0.15) is 4.31 Å². The van der Waals surface area contributed by atoms with E-state index in [1.165, 1.54) is 34.5 Å². The number of benzene rings is 2. The SMILES string of the molecule is CC(=O)c1ccc(S(=O)(=O)N2CCN(Cc3ccc(C)cc3)CC2)cc1. The Balaban J connectivity index is 1.62. The van der Waals surface area contributed by atoms with Crippen LogP contribution >= 0.6 is 0 Å². The fraction of sp³-hybridized carbons (Fsp3) is 0.350. The average molecular weight is 372 g/mol. The monoisotopic (exact) mass is 372 g/mol. The summed E-state index contributed by atoms with van der Waals surface area (Å²) < 4.78 is 27.1. The number of Topliss-reactive ketones (excluding diaryl/α,β-unsaturated/α-hetero) is 1. The third-order valence-electron chi connectivity index (χ3n) is 4.76. The zero-order chi connectivity index (χ0) is 18.7. The highest BCUT2D eigenvalue weighted by molar-refractivity contribution is 7.89. The van der Waals surface area contributed by atoms with Crippen LogP contribution in [0.25, 0.3) is 0 Å². The molecule has 2 aromatic rings. The second-order valence-corrected chi connectivity index (χ2v) is 8.68. The summed E-state index contributed by atoms with van der Waals surface area (Å²) in [7, 11) is -3.51. The van der Waals surface area contributed by atoms with Gasteiger partial charge in [-0.15, -0.1) is 0 Å². The number of carbonyl (C=O) groups excluding carboxylic acids is 1. The highest BCUT2D eigenvalue weighted by Gasteiger charge is 2.28. The Kier molecular flexibility index (Phi) is 5.55. The molecule has 2 aromatic carbocycles. The Morgan fingerprint density at radius 1 is 0.923 bits per heavy atom. The molecule has 3 rings (SSSR count). The zero-order valence-corrected chi connectivity index (χ0v) is 16.0. The zero-order valence-electron chi connectivity index (χ0n) is 15.2. The van der Waals surface area contributed by atoms with Crippen molar-refractivity contribution in [2.45, 2.75) is 25.3 Å². The smallest absolute Gasteiger partial charge is 0.243 e. The van der Waals surface area contributed by atoms with Crippen LogP contribution < -0.4 is 0 Å². The Hall–Kier alpha value is -2.02. The first-order valence-electron chi connectivity index (χ1n) is 8.75. The van der Waals surface area contributed by atoms with Gasteiger partial charge in [0.15, 0.2) is 5.78 Å². The molecule has 0 amide bonds. The molecule has 0 aliphatic carbocycles. The van der Waals surface area contributed by atoms with E-state index in [1.54, 1.807) is 12.1 Å². The molecular formula is C20H24N2O3S. The Morgan fingerprint density at radius 2 is 1.50 bits per heavy atom. The van der Waals surface area contributed by atoms with E-state index in [2.05, 4.69) is 36.1 Å². The number of carbonyl (C=O) groups is 1. The van der Waals surface area contributed by atoms with Crippen LogP contribution in [0.5, 0.6) is 0 Å². The fourth-order valence-electron chi connectivity index (χ4n) is 3.09. The Bertz CT molecular complexity index is 866. The summed E-state index contributed by atoms with van der Waals surface area (Å²) in [6.45, 7) is 6.73. The summed E-state index contributed by atoms with van der Waals surface area (Å²) in [5.41, 5.74) is 3.00. The number of hydrogen-bond donors (Lipinski definition) is 0. The molecule has 0 N–H and O–H groups in total. The molecule has 1 fully saturated rings. The largest absolute Gasteiger partial charge is 0.296 e. The molecule has 0 bridgehead atoms. The molecule has 1 heterocycles. The van der Waals surface area contributed by atoms with Gasteiger partial charge in [-0.3, -0.25) is 9.69 Å². The number of sulfonamides is 1. The molecule has 0 atom stereocenters. The second kappa shape index (κ2) is 7.70. The van der Waals surface area contributed by atoms with Crippen molar-refractivity contribution in [3.63, 3.8) is 0 Å². The average Bonchev–Trinajstić information content (AvgIpc) is 2.64. The first-order chi connectivity index (χ1) is 12.4. The van der Waals surface area contributed by atoms with Gasteiger partial charge in [0.25, 0.3) is 0 Å². The number of ketones is 1. The summed E-state index contributed by atoms with van der Waals surface area (Å²) in [5.74, 6) is -0.0707. The lowest BCUT2D eigenvalue weighted by Gasteiger charge is -2.34. The number of piperazine rings is 1. The minimum absolute atomic E-state index is 0.0707. The molecule has 1 aliphatic heterocycles. The van der Waals surface area contributed by atoms with Crippen molar-refractivity contribution in [3.8, 4) is 0 Å². The Morgan fingerprint density at radius 3 is 2.04 bits per heavy atom. The number of aryl methyl sites for hydroxylation is 1. The second-order valence-electron chi connectivity index (χ2n) is 6.75. The maximum atomic E-state index is 12.8. The van der Waals surface area contributed by atoms with Crippen LogP contribution in [0.3, 0.4) is 0 Å². The highest BCUT2D eigenvalue weighted by atomic mass is 32.2. The van der Waals surface area contributed by atoms with Gasteiger partial charge in [-0.1, -0.05) is 42.0 Å². The van der Waals surface area contributed by atoms with Crippen molar-refractivity contribution in [3.05, 3.63) is 65.2 Å². The lowest BCUT2D eigenvalue weighted by Crippen LogP contribution is -2.48. The van der Waals surface area contributed by atoms with Crippen LogP contribution in [-0.4, -0.2) is 49.6 Å². The van der Waals surface area contributed by atoms with Crippen LogP contribution in [-0.2, 0) is 16.6 Å². The van der Waals surface area contributed by atoms with Crippen molar-refractivity contribution in [2.24, 2.45) is 0 Å². The van der Waals surface area contributed by atoms with Gasteiger partial charge in [-0.25, -0.2) is 8.42 Å². The van der Waals surface area contributed by atoms with E-state index < -0.39 is 10.0 Å². The molecule has 0 radical (unpaired) electrons. The minimum atomic E-state index is -3.51. The molecule has 1 saturated heterocycles. The van der Waals surface area contributed by atoms with Gasteiger partial charge in [0, 0.05) is 38.3 Å². The van der Waals surface area contributed by atoms with E-state index in [0.717, 1.165) is 6.54 Å². The van der Waals surface area contributed by atoms with Gasteiger partial charge in [-0.05, 0) is 31.5 Å². The summed E-state index contributed by atoms with van der Waals surface area (Å²) in [4.78, 5) is 13.9. The summed E-state index contributed by atoms with van der Waals surface area (Å²) >= 11 is 0. The highest BCUT2D eigenvalue weighted by Crippen LogP contribution is 2.19. The number of nitrogens with zero attached hydrogens (tertiary/aromatic N) is 2. The lowest BCUT2D eigenvalue weighted by molar-refractivity contribution is 0.101. The summed E-state index contributed by atoms with van der Waals surface area (Å²) in [5, 5.41) is 0. The molecule has 0 spiro atoms. The molecule has 26 heavy (non-hydrogen) atoms. The van der Waals surface area contributed by atoms with Crippen molar-refractivity contribution in [1.82, 2.24) is 9.21 Å². The van der Waals surface area contributed by atoms with Crippen LogP contribution in [0.15, 0.2) is 53.4 Å². The third kappa shape index (κ3) is 4.20. The topological polar surface area (TPSA) is 57.7 Å². The van der Waals surface area contributed by atoms with E-state index in [0.29, 0.717) is 31.7 Å². The lowest BCUT2D eigenvalue weighted by atomic mass is 10.1. The predicted molar refractivity (Wildman–Crippen MR) is 102 cm³/mol. The molecule has 0 aromatic heterocycles. The van der Waals surface area contributed by atoms with E-state index in [9.17, 15) is 13.2 Å². The standard InChI is InChI=1S/C20H24N2O3S/c1-16-3-5-18(6-4-16)15-21-11-13-22(14-12-21)26(24,25)20-9-7-19(8-10-20)17(2)23/h3-10H,11-15H2,1-2H3. The molecule has 1 aliphatic rings. The Labute approximate surface area is 155 Å². The van der Waals surface area contributed by atoms with Crippen LogP contribution in [0.2, 0.25) is 0 Å². The van der Waals surface area contributed by atoms with Crippen LogP contribution in [0.1, 0.15) is 28.4 Å². The molecular weight excluding hydrogens is 348 g/mol. The van der Waals surface area contributed by atoms with Crippen molar-refractivity contribution in [1.29, 1.82) is 0 Å². The molecule has 138 valence electrons. The molecule has 5 nitrogen and oxygen atoms in total. The van der Waals surface area contributed by atoms with Gasteiger partial charge >= 0.3 is 0 Å². The van der Waals surface area contributed by atoms with Gasteiger partial charge in [0.05, 0.1) is 4.90 Å². The predicted octanol–water partition coefficient (Wildman–Crippen LogP) is 2.70. The van der Waals surface area contributed by atoms with Crippen LogP contribution in [0, 0.1) is 6.92 Å². The number of rotatable bonds is 5. The van der Waals surface area contributed by atoms with Crippen molar-refractivity contribution >= 4 is 15.8 Å². The minimum Gasteiger partial charge on any atom is -0.296 e. The first-order valence-corrected chi connectivity index (χ1v) is 10.2. The van der Waals surface area contributed by atoms with E-state index >= 15 is 0 Å². The van der Waals surface area contributed by atoms with E-state index in [4.69, 9.17) is 0 Å². The van der Waals surface area contributed by atoms with Gasteiger partial charge in [0.2, 0.25) is 10.0 Å². The molecule has 6 heteroatoms. The van der Waals surface area contributed by atoms with Gasteiger partial charge < -0.3 is 0 Å². The maximum absolute atomic E-state index is 12.8.